The van der Waals surface area contributed by atoms with E-state index < -0.39 is 0 Å². The third-order valence-electron chi connectivity index (χ3n) is 6.00. The van der Waals surface area contributed by atoms with Gasteiger partial charge in [-0.2, -0.15) is 0 Å². The molecule has 1 fully saturated rings. The summed E-state index contributed by atoms with van der Waals surface area (Å²) in [5, 5.41) is 0. The minimum absolute atomic E-state index is 0.0209. The summed E-state index contributed by atoms with van der Waals surface area (Å²) in [4.78, 5) is 17.8. The molecule has 0 saturated carbocycles. The molecule has 0 aromatic heterocycles. The highest BCUT2D eigenvalue weighted by Crippen LogP contribution is 2.27. The smallest absolute Gasteiger partial charge is 0.258 e. The van der Waals surface area contributed by atoms with E-state index >= 15 is 0 Å². The highest BCUT2D eigenvalue weighted by molar-refractivity contribution is 6.06. The lowest BCUT2D eigenvalue weighted by Gasteiger charge is -2.38. The van der Waals surface area contributed by atoms with Gasteiger partial charge in [-0.25, -0.2) is 4.39 Å². The van der Waals surface area contributed by atoms with E-state index in [0.29, 0.717) is 5.56 Å². The van der Waals surface area contributed by atoms with Gasteiger partial charge in [0.2, 0.25) is 0 Å². The van der Waals surface area contributed by atoms with Crippen molar-refractivity contribution in [2.24, 2.45) is 0 Å². The number of halogens is 1. The molecule has 0 spiro atoms. The third kappa shape index (κ3) is 5.20. The number of piperidine rings is 1. The number of rotatable bonds is 5. The van der Waals surface area contributed by atoms with Crippen molar-refractivity contribution in [1.29, 1.82) is 0 Å². The van der Waals surface area contributed by atoms with E-state index in [1.54, 1.807) is 12.1 Å². The zero-order chi connectivity index (χ0) is 21.8. The zero-order valence-electron chi connectivity index (χ0n) is 18.2. The highest BCUT2D eigenvalue weighted by Gasteiger charge is 2.30. The van der Waals surface area contributed by atoms with Crippen LogP contribution in [0, 0.1) is 19.7 Å². The molecule has 0 atom stereocenters. The Morgan fingerprint density at radius 2 is 1.58 bits per heavy atom. The van der Waals surface area contributed by atoms with Gasteiger partial charge in [-0.1, -0.05) is 47.5 Å². The number of aryl methyl sites for hydroxylation is 2. The molecule has 0 bridgehead atoms. The Kier molecular flexibility index (Phi) is 6.47. The highest BCUT2D eigenvalue weighted by atomic mass is 19.1. The van der Waals surface area contributed by atoms with Crippen LogP contribution < -0.4 is 4.90 Å². The van der Waals surface area contributed by atoms with Gasteiger partial charge in [-0.15, -0.1) is 0 Å². The SMILES string of the molecule is Cc1cccc(CN2CCC(N(C(=O)c3cccc(C)c3)c3ccc(F)cc3)CC2)c1. The molecule has 1 amide bonds. The first-order valence-corrected chi connectivity index (χ1v) is 10.9. The quantitative estimate of drug-likeness (QED) is 0.528. The number of nitrogens with zero attached hydrogens (tertiary/aromatic N) is 2. The summed E-state index contributed by atoms with van der Waals surface area (Å²) in [5.41, 5.74) is 5.08. The Morgan fingerprint density at radius 1 is 0.935 bits per heavy atom. The fraction of sp³-hybridized carbons (Fsp3) is 0.296. The Labute approximate surface area is 184 Å². The second-order valence-corrected chi connectivity index (χ2v) is 8.52. The number of carbonyl (C=O) groups excluding carboxylic acids is 1. The van der Waals surface area contributed by atoms with Crippen molar-refractivity contribution in [2.75, 3.05) is 18.0 Å². The monoisotopic (exact) mass is 416 g/mol. The Balaban J connectivity index is 1.52. The molecular weight excluding hydrogens is 387 g/mol. The number of hydrogen-bond acceptors (Lipinski definition) is 2. The van der Waals surface area contributed by atoms with Gasteiger partial charge < -0.3 is 4.90 Å². The first kappa shape index (κ1) is 21.3. The van der Waals surface area contributed by atoms with E-state index in [0.717, 1.165) is 43.7 Å². The molecule has 4 heteroatoms. The lowest BCUT2D eigenvalue weighted by molar-refractivity contribution is 0.0958. The van der Waals surface area contributed by atoms with Gasteiger partial charge in [-0.3, -0.25) is 9.69 Å². The predicted molar refractivity (Wildman–Crippen MR) is 124 cm³/mol. The summed E-state index contributed by atoms with van der Waals surface area (Å²) in [7, 11) is 0. The summed E-state index contributed by atoms with van der Waals surface area (Å²) in [6.45, 7) is 6.89. The van der Waals surface area contributed by atoms with Crippen molar-refractivity contribution in [1.82, 2.24) is 4.90 Å². The van der Waals surface area contributed by atoms with Crippen LogP contribution in [0.3, 0.4) is 0 Å². The second-order valence-electron chi connectivity index (χ2n) is 8.52. The molecule has 0 aliphatic carbocycles. The number of carbonyl (C=O) groups is 1. The standard InChI is InChI=1S/C27H29FN2O/c1-20-5-3-7-22(17-20)19-29-15-13-26(14-16-29)30(25-11-9-24(28)10-12-25)27(31)23-8-4-6-21(2)18-23/h3-12,17-18,26H,13-16,19H2,1-2H3. The lowest BCUT2D eigenvalue weighted by atomic mass is 9.99. The molecule has 3 nitrogen and oxygen atoms in total. The van der Waals surface area contributed by atoms with Gasteiger partial charge in [0.05, 0.1) is 0 Å². The number of hydrogen-bond donors (Lipinski definition) is 0. The minimum atomic E-state index is -0.292. The van der Waals surface area contributed by atoms with Crippen molar-refractivity contribution in [3.63, 3.8) is 0 Å². The Hall–Kier alpha value is -2.98. The molecule has 3 aromatic rings. The molecule has 1 aliphatic rings. The molecule has 0 radical (unpaired) electrons. The van der Waals surface area contributed by atoms with Crippen LogP contribution in [0.4, 0.5) is 10.1 Å². The maximum absolute atomic E-state index is 13.5. The van der Waals surface area contributed by atoms with Crippen molar-refractivity contribution in [3.8, 4) is 0 Å². The van der Waals surface area contributed by atoms with E-state index in [-0.39, 0.29) is 17.8 Å². The van der Waals surface area contributed by atoms with E-state index in [9.17, 15) is 9.18 Å². The van der Waals surface area contributed by atoms with Crippen LogP contribution in [0.5, 0.6) is 0 Å². The topological polar surface area (TPSA) is 23.6 Å². The van der Waals surface area contributed by atoms with E-state index in [2.05, 4.69) is 36.1 Å². The first-order chi connectivity index (χ1) is 15.0. The molecule has 31 heavy (non-hydrogen) atoms. The van der Waals surface area contributed by atoms with Crippen LogP contribution >= 0.6 is 0 Å². The van der Waals surface area contributed by atoms with Crippen molar-refractivity contribution >= 4 is 11.6 Å². The first-order valence-electron chi connectivity index (χ1n) is 10.9. The van der Waals surface area contributed by atoms with Gasteiger partial charge in [0, 0.05) is 36.9 Å². The van der Waals surface area contributed by atoms with Crippen LogP contribution in [-0.4, -0.2) is 29.9 Å². The summed E-state index contributed by atoms with van der Waals surface area (Å²) in [5.74, 6) is -0.313. The molecule has 1 aliphatic heterocycles. The maximum Gasteiger partial charge on any atom is 0.258 e. The van der Waals surface area contributed by atoms with E-state index in [1.807, 2.05) is 36.1 Å². The maximum atomic E-state index is 13.5. The van der Waals surface area contributed by atoms with Gasteiger partial charge >= 0.3 is 0 Å². The van der Waals surface area contributed by atoms with Crippen LogP contribution in [0.1, 0.15) is 39.9 Å². The summed E-state index contributed by atoms with van der Waals surface area (Å²) in [6.07, 6.45) is 1.78. The fourth-order valence-electron chi connectivity index (χ4n) is 4.42. The Morgan fingerprint density at radius 3 is 2.23 bits per heavy atom. The zero-order valence-corrected chi connectivity index (χ0v) is 18.2. The number of anilines is 1. The average molecular weight is 417 g/mol. The van der Waals surface area contributed by atoms with Crippen LogP contribution in [-0.2, 0) is 6.54 Å². The summed E-state index contributed by atoms with van der Waals surface area (Å²) in [6, 6.07) is 22.7. The average Bonchev–Trinajstić information content (AvgIpc) is 2.76. The van der Waals surface area contributed by atoms with E-state index in [4.69, 9.17) is 0 Å². The largest absolute Gasteiger partial charge is 0.305 e. The minimum Gasteiger partial charge on any atom is -0.305 e. The molecular formula is C27H29FN2O. The van der Waals surface area contributed by atoms with Gasteiger partial charge in [0.1, 0.15) is 5.82 Å². The van der Waals surface area contributed by atoms with Crippen molar-refractivity contribution in [2.45, 2.75) is 39.3 Å². The van der Waals surface area contributed by atoms with Crippen LogP contribution in [0.2, 0.25) is 0 Å². The lowest BCUT2D eigenvalue weighted by Crippen LogP contribution is -2.47. The molecule has 4 rings (SSSR count). The molecule has 160 valence electrons. The number of amides is 1. The molecule has 0 N–H and O–H groups in total. The van der Waals surface area contributed by atoms with Crippen LogP contribution in [0.25, 0.3) is 0 Å². The van der Waals surface area contributed by atoms with Crippen molar-refractivity contribution in [3.05, 3.63) is 101 Å². The molecule has 1 heterocycles. The van der Waals surface area contributed by atoms with Crippen molar-refractivity contribution < 1.29 is 9.18 Å². The fourth-order valence-corrected chi connectivity index (χ4v) is 4.42. The van der Waals surface area contributed by atoms with Gasteiger partial charge in [0.25, 0.3) is 5.91 Å². The third-order valence-corrected chi connectivity index (χ3v) is 6.00. The summed E-state index contributed by atoms with van der Waals surface area (Å²) >= 11 is 0. The normalized spacial score (nSPS) is 15.1. The van der Waals surface area contributed by atoms with Gasteiger partial charge in [0.15, 0.2) is 0 Å². The van der Waals surface area contributed by atoms with Crippen LogP contribution in [0.15, 0.2) is 72.8 Å². The van der Waals surface area contributed by atoms with Gasteiger partial charge in [-0.05, 0) is 68.7 Å². The number of likely N-dealkylation sites (tertiary alicyclic amines) is 1. The molecule has 0 unspecified atom stereocenters. The second kappa shape index (κ2) is 9.44. The predicted octanol–water partition coefficient (Wildman–Crippen LogP) is 5.75. The summed E-state index contributed by atoms with van der Waals surface area (Å²) < 4.78 is 13.5. The number of benzene rings is 3. The van der Waals surface area contributed by atoms with E-state index in [1.165, 1.54) is 23.3 Å². The Bertz CT molecular complexity index is 1040. The molecule has 3 aromatic carbocycles. The molecule has 1 saturated heterocycles.